The predicted molar refractivity (Wildman–Crippen MR) is 69.3 cm³/mol. The van der Waals surface area contributed by atoms with E-state index < -0.39 is 0 Å². The first-order valence-corrected chi connectivity index (χ1v) is 6.77. The van der Waals surface area contributed by atoms with Crippen LogP contribution in [-0.4, -0.2) is 19.8 Å². The van der Waals surface area contributed by atoms with E-state index in [0.29, 0.717) is 5.92 Å². The Morgan fingerprint density at radius 2 is 2.12 bits per heavy atom. The normalized spacial score (nSPS) is 17.3. The number of benzene rings is 1. The first-order valence-electron chi connectivity index (χ1n) is 5.98. The third kappa shape index (κ3) is 4.05. The lowest BCUT2D eigenvalue weighted by atomic mass is 10.0. The van der Waals surface area contributed by atoms with Crippen molar-refractivity contribution in [3.63, 3.8) is 0 Å². The summed E-state index contributed by atoms with van der Waals surface area (Å²) in [7, 11) is 0. The minimum absolute atomic E-state index is 0.204. The van der Waals surface area contributed by atoms with Crippen LogP contribution in [0.2, 0.25) is 0 Å². The van der Waals surface area contributed by atoms with Gasteiger partial charge in [0, 0.05) is 24.2 Å². The monoisotopic (exact) mass is 301 g/mol. The van der Waals surface area contributed by atoms with Crippen molar-refractivity contribution < 1.29 is 9.13 Å². The topological polar surface area (TPSA) is 21.3 Å². The summed E-state index contributed by atoms with van der Waals surface area (Å²) in [6.45, 7) is 3.55. The van der Waals surface area contributed by atoms with Crippen molar-refractivity contribution in [1.29, 1.82) is 0 Å². The summed E-state index contributed by atoms with van der Waals surface area (Å²) in [6, 6.07) is 4.82. The molecule has 1 heterocycles. The molecule has 0 amide bonds. The largest absolute Gasteiger partial charge is 0.381 e. The summed E-state index contributed by atoms with van der Waals surface area (Å²) in [6.07, 6.45) is 2.27. The molecule has 0 spiro atoms. The van der Waals surface area contributed by atoms with Crippen LogP contribution in [0.25, 0.3) is 0 Å². The molecule has 0 radical (unpaired) electrons. The standard InChI is InChI=1S/C13H17BrFNO/c14-13-7-12(15)2-1-11(13)9-16-8-10-3-5-17-6-4-10/h1-2,7,10,16H,3-6,8-9H2. The van der Waals surface area contributed by atoms with E-state index in [-0.39, 0.29) is 5.82 Å². The highest BCUT2D eigenvalue weighted by Crippen LogP contribution is 2.18. The molecule has 0 atom stereocenters. The van der Waals surface area contributed by atoms with E-state index in [1.807, 2.05) is 6.07 Å². The molecule has 0 unspecified atom stereocenters. The number of rotatable bonds is 4. The molecule has 1 fully saturated rings. The minimum Gasteiger partial charge on any atom is -0.381 e. The van der Waals surface area contributed by atoms with Crippen molar-refractivity contribution in [2.24, 2.45) is 5.92 Å². The van der Waals surface area contributed by atoms with Crippen LogP contribution < -0.4 is 5.32 Å². The molecule has 1 saturated heterocycles. The Hall–Kier alpha value is -0.450. The predicted octanol–water partition coefficient (Wildman–Crippen LogP) is 3.10. The van der Waals surface area contributed by atoms with Crippen LogP contribution in [0.4, 0.5) is 4.39 Å². The van der Waals surface area contributed by atoms with Gasteiger partial charge in [-0.25, -0.2) is 4.39 Å². The molecule has 1 N–H and O–H groups in total. The highest BCUT2D eigenvalue weighted by atomic mass is 79.9. The highest BCUT2D eigenvalue weighted by molar-refractivity contribution is 9.10. The van der Waals surface area contributed by atoms with Crippen molar-refractivity contribution in [1.82, 2.24) is 5.32 Å². The zero-order valence-electron chi connectivity index (χ0n) is 9.72. The zero-order chi connectivity index (χ0) is 12.1. The molecule has 17 heavy (non-hydrogen) atoms. The van der Waals surface area contributed by atoms with Gasteiger partial charge in [0.25, 0.3) is 0 Å². The first-order chi connectivity index (χ1) is 8.25. The van der Waals surface area contributed by atoms with Gasteiger partial charge in [0.1, 0.15) is 5.82 Å². The molecule has 0 saturated carbocycles. The summed E-state index contributed by atoms with van der Waals surface area (Å²) in [5.41, 5.74) is 1.10. The minimum atomic E-state index is -0.204. The van der Waals surface area contributed by atoms with Crippen LogP contribution in [0.15, 0.2) is 22.7 Å². The maximum Gasteiger partial charge on any atom is 0.124 e. The van der Waals surface area contributed by atoms with Crippen LogP contribution >= 0.6 is 15.9 Å². The molecule has 1 aliphatic rings. The summed E-state index contributed by atoms with van der Waals surface area (Å²) in [5, 5.41) is 3.42. The Morgan fingerprint density at radius 1 is 1.35 bits per heavy atom. The van der Waals surface area contributed by atoms with E-state index in [0.717, 1.165) is 49.2 Å². The van der Waals surface area contributed by atoms with Gasteiger partial charge in [0.15, 0.2) is 0 Å². The third-order valence-corrected chi connectivity index (χ3v) is 3.84. The number of halogens is 2. The van der Waals surface area contributed by atoms with E-state index in [4.69, 9.17) is 4.74 Å². The average Bonchev–Trinajstić information content (AvgIpc) is 2.33. The highest BCUT2D eigenvalue weighted by Gasteiger charge is 2.13. The second-order valence-corrected chi connectivity index (χ2v) is 5.28. The van der Waals surface area contributed by atoms with Crippen molar-refractivity contribution in [3.8, 4) is 0 Å². The summed E-state index contributed by atoms with van der Waals surface area (Å²) in [4.78, 5) is 0. The number of hydrogen-bond acceptors (Lipinski definition) is 2. The van der Waals surface area contributed by atoms with Crippen LogP contribution in [0.3, 0.4) is 0 Å². The zero-order valence-corrected chi connectivity index (χ0v) is 11.3. The van der Waals surface area contributed by atoms with Crippen molar-refractivity contribution in [3.05, 3.63) is 34.1 Å². The Kier molecular flexibility index (Phi) is 4.95. The van der Waals surface area contributed by atoms with Crippen LogP contribution in [0.1, 0.15) is 18.4 Å². The van der Waals surface area contributed by atoms with Crippen molar-refractivity contribution >= 4 is 15.9 Å². The molecule has 1 aromatic rings. The number of nitrogens with one attached hydrogen (secondary N) is 1. The molecule has 0 bridgehead atoms. The van der Waals surface area contributed by atoms with E-state index >= 15 is 0 Å². The molecular weight excluding hydrogens is 285 g/mol. The fourth-order valence-electron chi connectivity index (χ4n) is 2.03. The van der Waals surface area contributed by atoms with E-state index in [1.54, 1.807) is 0 Å². The van der Waals surface area contributed by atoms with Gasteiger partial charge in [-0.15, -0.1) is 0 Å². The van der Waals surface area contributed by atoms with Crippen LogP contribution in [0.5, 0.6) is 0 Å². The van der Waals surface area contributed by atoms with Crippen molar-refractivity contribution in [2.45, 2.75) is 19.4 Å². The third-order valence-electron chi connectivity index (χ3n) is 3.10. The molecule has 1 aliphatic heterocycles. The Bertz CT molecular complexity index is 366. The molecule has 0 aliphatic carbocycles. The molecule has 0 aromatic heterocycles. The fourth-order valence-corrected chi connectivity index (χ4v) is 2.52. The Labute approximate surface area is 110 Å². The van der Waals surface area contributed by atoms with Gasteiger partial charge < -0.3 is 10.1 Å². The van der Waals surface area contributed by atoms with Gasteiger partial charge in [-0.2, -0.15) is 0 Å². The lowest BCUT2D eigenvalue weighted by Crippen LogP contribution is -2.27. The van der Waals surface area contributed by atoms with Gasteiger partial charge >= 0.3 is 0 Å². The van der Waals surface area contributed by atoms with Crippen LogP contribution in [0, 0.1) is 11.7 Å². The van der Waals surface area contributed by atoms with Gasteiger partial charge in [-0.1, -0.05) is 22.0 Å². The maximum absolute atomic E-state index is 12.9. The lowest BCUT2D eigenvalue weighted by molar-refractivity contribution is 0.0662. The lowest BCUT2D eigenvalue weighted by Gasteiger charge is -2.22. The molecule has 2 nitrogen and oxygen atoms in total. The second kappa shape index (κ2) is 6.47. The smallest absolute Gasteiger partial charge is 0.124 e. The van der Waals surface area contributed by atoms with Gasteiger partial charge in [0.2, 0.25) is 0 Å². The summed E-state index contributed by atoms with van der Waals surface area (Å²) < 4.78 is 19.0. The van der Waals surface area contributed by atoms with Gasteiger partial charge in [0.05, 0.1) is 0 Å². The van der Waals surface area contributed by atoms with Crippen molar-refractivity contribution in [2.75, 3.05) is 19.8 Å². The second-order valence-electron chi connectivity index (χ2n) is 4.42. The van der Waals surface area contributed by atoms with Gasteiger partial charge in [-0.3, -0.25) is 0 Å². The van der Waals surface area contributed by atoms with E-state index in [9.17, 15) is 4.39 Å². The molecule has 4 heteroatoms. The Balaban J connectivity index is 1.77. The van der Waals surface area contributed by atoms with Gasteiger partial charge in [-0.05, 0) is 43.0 Å². The molecule has 2 rings (SSSR count). The van der Waals surface area contributed by atoms with E-state index in [2.05, 4.69) is 21.2 Å². The van der Waals surface area contributed by atoms with E-state index in [1.165, 1.54) is 12.1 Å². The fraction of sp³-hybridized carbons (Fsp3) is 0.538. The summed E-state index contributed by atoms with van der Waals surface area (Å²) >= 11 is 3.37. The number of hydrogen-bond donors (Lipinski definition) is 1. The Morgan fingerprint density at radius 3 is 2.82 bits per heavy atom. The first kappa shape index (κ1) is 13.0. The van der Waals surface area contributed by atoms with Crippen LogP contribution in [-0.2, 0) is 11.3 Å². The maximum atomic E-state index is 12.9. The molecular formula is C13H17BrFNO. The number of ether oxygens (including phenoxy) is 1. The molecule has 94 valence electrons. The quantitative estimate of drug-likeness (QED) is 0.923. The average molecular weight is 302 g/mol. The molecule has 1 aromatic carbocycles. The SMILES string of the molecule is Fc1ccc(CNCC2CCOCC2)c(Br)c1. The summed E-state index contributed by atoms with van der Waals surface area (Å²) in [5.74, 6) is 0.507.